The van der Waals surface area contributed by atoms with Crippen LogP contribution in [0.3, 0.4) is 0 Å². The van der Waals surface area contributed by atoms with Crippen LogP contribution in [0.1, 0.15) is 23.2 Å². The number of hydrogen-bond acceptors (Lipinski definition) is 2. The summed E-state index contributed by atoms with van der Waals surface area (Å²) in [5.41, 5.74) is 0.559. The van der Waals surface area contributed by atoms with Crippen molar-refractivity contribution in [3.63, 3.8) is 0 Å². The third kappa shape index (κ3) is 3.69. The zero-order valence-electron chi connectivity index (χ0n) is 9.80. The molecule has 1 saturated carbocycles. The highest BCUT2D eigenvalue weighted by Crippen LogP contribution is 2.30. The van der Waals surface area contributed by atoms with Gasteiger partial charge >= 0.3 is 5.97 Å². The Morgan fingerprint density at radius 2 is 2.11 bits per heavy atom. The molecule has 0 aromatic heterocycles. The molecule has 4 nitrogen and oxygen atoms in total. The molecule has 0 spiro atoms. The number of halogens is 1. The molecule has 0 bridgehead atoms. The molecule has 1 N–H and O–H groups in total. The highest BCUT2D eigenvalue weighted by molar-refractivity contribution is 14.1. The van der Waals surface area contributed by atoms with Gasteiger partial charge in [-0.15, -0.1) is 0 Å². The molecule has 1 aromatic rings. The fourth-order valence-electron chi connectivity index (χ4n) is 1.80. The molecule has 0 radical (unpaired) electrons. The SMILES string of the molecule is O=C(O)CN(CC1CC1)C(=O)c1cccc(I)c1. The van der Waals surface area contributed by atoms with E-state index in [1.807, 2.05) is 12.1 Å². The van der Waals surface area contributed by atoms with Crippen LogP contribution in [0.4, 0.5) is 0 Å². The molecule has 0 saturated heterocycles. The van der Waals surface area contributed by atoms with Crippen LogP contribution < -0.4 is 0 Å². The van der Waals surface area contributed by atoms with Gasteiger partial charge in [0.2, 0.25) is 0 Å². The second kappa shape index (κ2) is 5.69. The van der Waals surface area contributed by atoms with Crippen molar-refractivity contribution in [3.05, 3.63) is 33.4 Å². The highest BCUT2D eigenvalue weighted by Gasteiger charge is 2.28. The van der Waals surface area contributed by atoms with E-state index in [1.165, 1.54) is 4.90 Å². The molecule has 18 heavy (non-hydrogen) atoms. The number of benzene rings is 1. The van der Waals surface area contributed by atoms with Gasteiger partial charge in [-0.2, -0.15) is 0 Å². The topological polar surface area (TPSA) is 57.6 Å². The fourth-order valence-corrected chi connectivity index (χ4v) is 2.34. The van der Waals surface area contributed by atoms with Crippen LogP contribution in [-0.2, 0) is 4.79 Å². The first-order valence-corrected chi connectivity index (χ1v) is 6.91. The maximum Gasteiger partial charge on any atom is 0.323 e. The first-order chi connectivity index (χ1) is 8.56. The monoisotopic (exact) mass is 359 g/mol. The highest BCUT2D eigenvalue weighted by atomic mass is 127. The van der Waals surface area contributed by atoms with Gasteiger partial charge in [0.1, 0.15) is 6.54 Å². The Labute approximate surface area is 119 Å². The summed E-state index contributed by atoms with van der Waals surface area (Å²) in [5.74, 6) is -0.673. The maximum atomic E-state index is 12.3. The lowest BCUT2D eigenvalue weighted by Crippen LogP contribution is -2.37. The molecule has 1 aliphatic carbocycles. The molecule has 96 valence electrons. The average Bonchev–Trinajstić information content (AvgIpc) is 3.10. The van der Waals surface area contributed by atoms with Crippen molar-refractivity contribution < 1.29 is 14.7 Å². The fraction of sp³-hybridized carbons (Fsp3) is 0.385. The number of hydrogen-bond donors (Lipinski definition) is 1. The zero-order valence-corrected chi connectivity index (χ0v) is 12.0. The summed E-state index contributed by atoms with van der Waals surface area (Å²) in [6, 6.07) is 7.22. The van der Waals surface area contributed by atoms with E-state index in [1.54, 1.807) is 12.1 Å². The number of carboxylic acid groups (broad SMARTS) is 1. The van der Waals surface area contributed by atoms with Gasteiger partial charge in [0, 0.05) is 15.7 Å². The van der Waals surface area contributed by atoms with Crippen LogP contribution in [0, 0.1) is 9.49 Å². The zero-order chi connectivity index (χ0) is 13.1. The van der Waals surface area contributed by atoms with E-state index >= 15 is 0 Å². The summed E-state index contributed by atoms with van der Waals surface area (Å²) >= 11 is 2.14. The van der Waals surface area contributed by atoms with Crippen molar-refractivity contribution in [1.82, 2.24) is 4.90 Å². The predicted octanol–water partition coefficient (Wildman–Crippen LogP) is 2.23. The van der Waals surface area contributed by atoms with Gasteiger partial charge in [-0.1, -0.05) is 6.07 Å². The van der Waals surface area contributed by atoms with Crippen LogP contribution in [0.25, 0.3) is 0 Å². The third-order valence-corrected chi connectivity index (χ3v) is 3.53. The molecular weight excluding hydrogens is 345 g/mol. The summed E-state index contributed by atoms with van der Waals surface area (Å²) < 4.78 is 0.972. The summed E-state index contributed by atoms with van der Waals surface area (Å²) in [4.78, 5) is 24.5. The van der Waals surface area contributed by atoms with Gasteiger partial charge in [-0.25, -0.2) is 0 Å². The third-order valence-electron chi connectivity index (χ3n) is 2.86. The van der Waals surface area contributed by atoms with Crippen LogP contribution in [0.2, 0.25) is 0 Å². The Hall–Kier alpha value is -1.11. The second-order valence-electron chi connectivity index (χ2n) is 4.53. The molecule has 1 aromatic carbocycles. The molecule has 0 unspecified atom stereocenters. The van der Waals surface area contributed by atoms with E-state index in [-0.39, 0.29) is 12.5 Å². The van der Waals surface area contributed by atoms with Gasteiger partial charge < -0.3 is 10.0 Å². The Kier molecular flexibility index (Phi) is 4.21. The lowest BCUT2D eigenvalue weighted by Gasteiger charge is -2.20. The Morgan fingerprint density at radius 1 is 1.39 bits per heavy atom. The lowest BCUT2D eigenvalue weighted by molar-refractivity contribution is -0.137. The van der Waals surface area contributed by atoms with E-state index in [4.69, 9.17) is 5.11 Å². The number of carbonyl (C=O) groups excluding carboxylic acids is 1. The van der Waals surface area contributed by atoms with E-state index in [9.17, 15) is 9.59 Å². The summed E-state index contributed by atoms with van der Waals surface area (Å²) in [6.45, 7) is 0.331. The van der Waals surface area contributed by atoms with E-state index in [2.05, 4.69) is 22.6 Å². The molecule has 0 atom stereocenters. The lowest BCUT2D eigenvalue weighted by atomic mass is 10.2. The largest absolute Gasteiger partial charge is 0.480 e. The molecule has 0 aliphatic heterocycles. The maximum absolute atomic E-state index is 12.3. The van der Waals surface area contributed by atoms with Gasteiger partial charge in [-0.3, -0.25) is 9.59 Å². The Balaban J connectivity index is 2.12. The van der Waals surface area contributed by atoms with Crippen molar-refractivity contribution in [2.24, 2.45) is 5.92 Å². The van der Waals surface area contributed by atoms with Gasteiger partial charge in [0.15, 0.2) is 0 Å². The molecule has 5 heteroatoms. The van der Waals surface area contributed by atoms with Crippen LogP contribution in [0.15, 0.2) is 24.3 Å². The molecule has 1 amide bonds. The summed E-state index contributed by atoms with van der Waals surface area (Å²) in [6.07, 6.45) is 2.19. The first kappa shape index (κ1) is 13.3. The summed E-state index contributed by atoms with van der Waals surface area (Å²) in [5, 5.41) is 8.87. The minimum Gasteiger partial charge on any atom is -0.480 e. The Bertz CT molecular complexity index is 471. The van der Waals surface area contributed by atoms with Crippen LogP contribution >= 0.6 is 22.6 Å². The first-order valence-electron chi connectivity index (χ1n) is 5.83. The van der Waals surface area contributed by atoms with E-state index < -0.39 is 5.97 Å². The smallest absolute Gasteiger partial charge is 0.323 e. The summed E-state index contributed by atoms with van der Waals surface area (Å²) in [7, 11) is 0. The number of carboxylic acids is 1. The van der Waals surface area contributed by atoms with Crippen molar-refractivity contribution in [2.45, 2.75) is 12.8 Å². The second-order valence-corrected chi connectivity index (χ2v) is 5.78. The quantitative estimate of drug-likeness (QED) is 0.821. The van der Waals surface area contributed by atoms with Gasteiger partial charge in [0.25, 0.3) is 5.91 Å². The van der Waals surface area contributed by atoms with Crippen LogP contribution in [0.5, 0.6) is 0 Å². The van der Waals surface area contributed by atoms with Crippen molar-refractivity contribution in [1.29, 1.82) is 0 Å². The number of aliphatic carboxylic acids is 1. The number of rotatable bonds is 5. The van der Waals surface area contributed by atoms with Gasteiger partial charge in [-0.05, 0) is 59.5 Å². The minimum atomic E-state index is -0.963. The molecule has 1 fully saturated rings. The standard InChI is InChI=1S/C13H14INO3/c14-11-3-1-2-10(6-11)13(18)15(8-12(16)17)7-9-4-5-9/h1-3,6,9H,4-5,7-8H2,(H,16,17). The van der Waals surface area contributed by atoms with E-state index in [0.717, 1.165) is 16.4 Å². The van der Waals surface area contributed by atoms with Crippen molar-refractivity contribution in [2.75, 3.05) is 13.1 Å². The molecular formula is C13H14INO3. The normalized spacial score (nSPS) is 14.3. The molecule has 0 heterocycles. The Morgan fingerprint density at radius 3 is 2.67 bits per heavy atom. The van der Waals surface area contributed by atoms with Gasteiger partial charge in [0.05, 0.1) is 0 Å². The molecule has 1 aliphatic rings. The number of carbonyl (C=O) groups is 2. The number of amides is 1. The number of nitrogens with zero attached hydrogens (tertiary/aromatic N) is 1. The average molecular weight is 359 g/mol. The minimum absolute atomic E-state index is 0.192. The van der Waals surface area contributed by atoms with E-state index in [0.29, 0.717) is 18.0 Å². The van der Waals surface area contributed by atoms with Crippen LogP contribution in [-0.4, -0.2) is 35.0 Å². The predicted molar refractivity (Wildman–Crippen MR) is 75.4 cm³/mol. The van der Waals surface area contributed by atoms with Crippen molar-refractivity contribution in [3.8, 4) is 0 Å². The molecule has 2 rings (SSSR count). The van der Waals surface area contributed by atoms with Crippen molar-refractivity contribution >= 4 is 34.5 Å².